The summed E-state index contributed by atoms with van der Waals surface area (Å²) in [5, 5.41) is 15.2. The van der Waals surface area contributed by atoms with Crippen molar-refractivity contribution in [2.24, 2.45) is 0 Å². The molecule has 3 rings (SSSR count). The van der Waals surface area contributed by atoms with E-state index in [1.165, 1.54) is 18.2 Å². The molecule has 2 heterocycles. The quantitative estimate of drug-likeness (QED) is 0.270. The molecule has 0 saturated heterocycles. The molecule has 0 N–H and O–H groups in total. The maximum atomic E-state index is 13.8. The van der Waals surface area contributed by atoms with E-state index in [1.54, 1.807) is 11.0 Å². The van der Waals surface area contributed by atoms with Crippen LogP contribution in [0.1, 0.15) is 78.1 Å². The van der Waals surface area contributed by atoms with E-state index in [9.17, 15) is 14.4 Å². The average Bonchev–Trinajstić information content (AvgIpc) is 3.15. The Hall–Kier alpha value is -2.37. The summed E-state index contributed by atoms with van der Waals surface area (Å²) in [4.78, 5) is 14.7. The predicted octanol–water partition coefficient (Wildman–Crippen LogP) is 8.18. The minimum atomic E-state index is -1.38. The molecular formula is C28H40ClFN4O2Si. The largest absolute Gasteiger partial charge is 0.444 e. The summed E-state index contributed by atoms with van der Waals surface area (Å²) >= 11 is 6.04. The van der Waals surface area contributed by atoms with Crippen LogP contribution in [0.25, 0.3) is 11.3 Å². The molecule has 0 aliphatic carbocycles. The van der Waals surface area contributed by atoms with Crippen LogP contribution in [0.4, 0.5) is 9.18 Å². The van der Waals surface area contributed by atoms with Gasteiger partial charge in [0.05, 0.1) is 31.4 Å². The molecule has 202 valence electrons. The summed E-state index contributed by atoms with van der Waals surface area (Å²) in [6, 6.07) is 7.77. The molecule has 2 aromatic rings. The number of rotatable bonds is 6. The first kappa shape index (κ1) is 29.2. The Kier molecular flexibility index (Phi) is 8.50. The van der Waals surface area contributed by atoms with E-state index in [2.05, 4.69) is 39.9 Å². The van der Waals surface area contributed by atoms with Gasteiger partial charge < -0.3 is 9.64 Å². The number of nitriles is 1. The standard InChI is InChI=1S/C28H40ClFN4O2Si/c1-27(2,3)36-26(35)33-17-20(11-9-10-14-37(7,8)28(4,5)6)34-24(18-33)21(16-31)25(32-34)19-12-13-23(30)22(29)15-19/h12-13,15,20H,9-11,14,17-18H2,1-8H3. The molecule has 1 aliphatic rings. The van der Waals surface area contributed by atoms with Crippen molar-refractivity contribution >= 4 is 25.8 Å². The maximum absolute atomic E-state index is 13.8. The number of carbonyl (C=O) groups is 1. The van der Waals surface area contributed by atoms with Crippen LogP contribution >= 0.6 is 11.6 Å². The maximum Gasteiger partial charge on any atom is 0.410 e. The van der Waals surface area contributed by atoms with Crippen molar-refractivity contribution in [2.45, 2.75) is 103 Å². The zero-order chi connectivity index (χ0) is 27.8. The van der Waals surface area contributed by atoms with Crippen molar-refractivity contribution in [1.29, 1.82) is 5.26 Å². The number of nitrogens with zero attached hydrogens (tertiary/aromatic N) is 4. The Balaban J connectivity index is 1.92. The van der Waals surface area contributed by atoms with E-state index in [0.717, 1.165) is 19.3 Å². The minimum absolute atomic E-state index is 0.0232. The van der Waals surface area contributed by atoms with Gasteiger partial charge in [-0.15, -0.1) is 0 Å². The molecular weight excluding hydrogens is 507 g/mol. The number of amides is 1. The lowest BCUT2D eigenvalue weighted by Crippen LogP contribution is -2.44. The van der Waals surface area contributed by atoms with Gasteiger partial charge in [-0.1, -0.05) is 64.4 Å². The van der Waals surface area contributed by atoms with Crippen molar-refractivity contribution in [2.75, 3.05) is 6.54 Å². The Bertz CT molecular complexity index is 1190. The fraction of sp³-hybridized carbons (Fsp3) is 0.607. The molecule has 0 saturated carbocycles. The molecule has 6 nitrogen and oxygen atoms in total. The van der Waals surface area contributed by atoms with Gasteiger partial charge in [0.25, 0.3) is 0 Å². The van der Waals surface area contributed by atoms with Crippen LogP contribution in [-0.2, 0) is 11.3 Å². The predicted molar refractivity (Wildman–Crippen MR) is 149 cm³/mol. The van der Waals surface area contributed by atoms with E-state index >= 15 is 0 Å². The zero-order valence-corrected chi connectivity index (χ0v) is 25.2. The van der Waals surface area contributed by atoms with E-state index in [1.807, 2.05) is 25.5 Å². The Morgan fingerprint density at radius 3 is 2.49 bits per heavy atom. The van der Waals surface area contributed by atoms with Gasteiger partial charge in [-0.2, -0.15) is 10.4 Å². The third kappa shape index (κ3) is 6.74. The van der Waals surface area contributed by atoms with Crippen LogP contribution in [0.5, 0.6) is 0 Å². The Morgan fingerprint density at radius 1 is 1.24 bits per heavy atom. The first-order chi connectivity index (χ1) is 17.0. The van der Waals surface area contributed by atoms with E-state index in [0.29, 0.717) is 34.1 Å². The Morgan fingerprint density at radius 2 is 1.92 bits per heavy atom. The number of carbonyl (C=O) groups excluding carboxylic acids is 1. The molecule has 1 aromatic heterocycles. The number of hydrogen-bond acceptors (Lipinski definition) is 4. The molecule has 0 bridgehead atoms. The number of aromatic nitrogens is 2. The summed E-state index contributed by atoms with van der Waals surface area (Å²) in [5.74, 6) is -0.524. The summed E-state index contributed by atoms with van der Waals surface area (Å²) in [6.07, 6.45) is 2.54. The van der Waals surface area contributed by atoms with Crippen LogP contribution in [0, 0.1) is 17.1 Å². The summed E-state index contributed by atoms with van der Waals surface area (Å²) in [5.41, 5.74) is 1.45. The lowest BCUT2D eigenvalue weighted by atomic mass is 10.0. The van der Waals surface area contributed by atoms with Crippen LogP contribution < -0.4 is 0 Å². The van der Waals surface area contributed by atoms with E-state index in [4.69, 9.17) is 21.4 Å². The van der Waals surface area contributed by atoms with Crippen molar-refractivity contribution in [3.63, 3.8) is 0 Å². The molecule has 1 aromatic carbocycles. The second-order valence-electron chi connectivity index (χ2n) is 12.7. The highest BCUT2D eigenvalue weighted by atomic mass is 35.5. The van der Waals surface area contributed by atoms with Crippen molar-refractivity contribution in [3.05, 3.63) is 40.3 Å². The second kappa shape index (κ2) is 10.8. The van der Waals surface area contributed by atoms with E-state index < -0.39 is 25.6 Å². The van der Waals surface area contributed by atoms with Crippen LogP contribution in [0.3, 0.4) is 0 Å². The zero-order valence-electron chi connectivity index (χ0n) is 23.4. The third-order valence-electron chi connectivity index (χ3n) is 7.70. The molecule has 0 fully saturated rings. The van der Waals surface area contributed by atoms with Gasteiger partial charge in [0.2, 0.25) is 0 Å². The molecule has 1 aliphatic heterocycles. The summed E-state index contributed by atoms with van der Waals surface area (Å²) in [6.45, 7) is 18.1. The lowest BCUT2D eigenvalue weighted by molar-refractivity contribution is 0.0154. The highest BCUT2D eigenvalue weighted by Gasteiger charge is 2.36. The molecule has 37 heavy (non-hydrogen) atoms. The minimum Gasteiger partial charge on any atom is -0.444 e. The first-order valence-electron chi connectivity index (χ1n) is 13.0. The molecule has 1 amide bonds. The first-order valence-corrected chi connectivity index (χ1v) is 16.6. The summed E-state index contributed by atoms with van der Waals surface area (Å²) in [7, 11) is -1.38. The van der Waals surface area contributed by atoms with Crippen molar-refractivity contribution in [3.8, 4) is 17.3 Å². The van der Waals surface area contributed by atoms with Gasteiger partial charge >= 0.3 is 6.09 Å². The number of ether oxygens (including phenoxy) is 1. The smallest absolute Gasteiger partial charge is 0.410 e. The monoisotopic (exact) mass is 546 g/mol. The van der Waals surface area contributed by atoms with Gasteiger partial charge in [0.1, 0.15) is 28.7 Å². The van der Waals surface area contributed by atoms with Gasteiger partial charge in [0, 0.05) is 12.1 Å². The van der Waals surface area contributed by atoms with Gasteiger partial charge in [-0.25, -0.2) is 9.18 Å². The lowest BCUT2D eigenvalue weighted by Gasteiger charge is -2.37. The average molecular weight is 547 g/mol. The third-order valence-corrected chi connectivity index (χ3v) is 13.7. The van der Waals surface area contributed by atoms with Crippen LogP contribution in [0.2, 0.25) is 29.2 Å². The van der Waals surface area contributed by atoms with Crippen molar-refractivity contribution < 1.29 is 13.9 Å². The molecule has 1 unspecified atom stereocenters. The normalized spacial score (nSPS) is 16.4. The van der Waals surface area contributed by atoms with Gasteiger partial charge in [-0.05, 0) is 50.4 Å². The number of unbranched alkanes of at least 4 members (excludes halogenated alkanes) is 1. The summed E-state index contributed by atoms with van der Waals surface area (Å²) < 4.78 is 21.4. The van der Waals surface area contributed by atoms with Crippen LogP contribution in [-0.4, -0.2) is 41.0 Å². The SMILES string of the molecule is CC(C)(C)OC(=O)N1Cc2c(C#N)c(-c3ccc(F)c(Cl)c3)nn2C(CCCC[Si](C)(C)C(C)(C)C)C1. The number of hydrogen-bond donors (Lipinski definition) is 0. The number of halogens is 2. The molecule has 0 spiro atoms. The van der Waals surface area contributed by atoms with Crippen molar-refractivity contribution in [1.82, 2.24) is 14.7 Å². The van der Waals surface area contributed by atoms with Gasteiger partial charge in [-0.3, -0.25) is 4.68 Å². The fourth-order valence-electron chi connectivity index (χ4n) is 4.46. The second-order valence-corrected chi connectivity index (χ2v) is 18.9. The molecule has 1 atom stereocenters. The fourth-order valence-corrected chi connectivity index (χ4v) is 6.53. The molecule has 0 radical (unpaired) electrons. The van der Waals surface area contributed by atoms with Crippen LogP contribution in [0.15, 0.2) is 18.2 Å². The highest BCUT2D eigenvalue weighted by Crippen LogP contribution is 2.40. The van der Waals surface area contributed by atoms with E-state index in [-0.39, 0.29) is 17.6 Å². The topological polar surface area (TPSA) is 71.2 Å². The highest BCUT2D eigenvalue weighted by molar-refractivity contribution is 6.80. The van der Waals surface area contributed by atoms with Gasteiger partial charge in [0.15, 0.2) is 0 Å². The number of benzene rings is 1. The number of fused-ring (bicyclic) bond motifs is 1. The Labute approximate surface area is 226 Å². The molecule has 9 heteroatoms.